The van der Waals surface area contributed by atoms with Gasteiger partial charge in [0.2, 0.25) is 5.91 Å². The Kier molecular flexibility index (Phi) is 4.79. The molecule has 106 valence electrons. The Morgan fingerprint density at radius 1 is 1.40 bits per heavy atom. The van der Waals surface area contributed by atoms with Crippen molar-refractivity contribution in [3.05, 3.63) is 36.2 Å². The molecule has 0 bridgehead atoms. The van der Waals surface area contributed by atoms with Gasteiger partial charge < -0.3 is 9.88 Å². The lowest BCUT2D eigenvalue weighted by Crippen LogP contribution is -2.22. The van der Waals surface area contributed by atoms with Crippen molar-refractivity contribution >= 4 is 23.4 Å². The summed E-state index contributed by atoms with van der Waals surface area (Å²) in [7, 11) is 0. The van der Waals surface area contributed by atoms with Crippen LogP contribution in [-0.4, -0.2) is 25.9 Å². The van der Waals surface area contributed by atoms with Gasteiger partial charge in [-0.1, -0.05) is 29.5 Å². The molecule has 2 aromatic rings. The van der Waals surface area contributed by atoms with Gasteiger partial charge in [-0.3, -0.25) is 4.79 Å². The molecule has 1 heterocycles. The summed E-state index contributed by atoms with van der Waals surface area (Å²) >= 11 is 1.41. The molecule has 5 nitrogen and oxygen atoms in total. The Labute approximate surface area is 122 Å². The Balaban J connectivity index is 1.97. The molecule has 0 saturated carbocycles. The van der Waals surface area contributed by atoms with Crippen molar-refractivity contribution in [1.82, 2.24) is 14.8 Å². The molecule has 1 amide bonds. The van der Waals surface area contributed by atoms with Gasteiger partial charge in [0.1, 0.15) is 6.33 Å². The van der Waals surface area contributed by atoms with Crippen LogP contribution in [0.4, 0.5) is 5.69 Å². The highest BCUT2D eigenvalue weighted by Crippen LogP contribution is 2.22. The van der Waals surface area contributed by atoms with Crippen molar-refractivity contribution in [3.8, 4) is 0 Å². The van der Waals surface area contributed by atoms with Gasteiger partial charge in [-0.15, -0.1) is 10.2 Å². The minimum atomic E-state index is -0.231. The fraction of sp³-hybridized carbons (Fsp3) is 0.357. The molecule has 6 heteroatoms. The second-order valence-corrected chi connectivity index (χ2v) is 5.82. The van der Waals surface area contributed by atoms with Crippen LogP contribution in [0.25, 0.3) is 0 Å². The number of thioether (sulfide) groups is 1. The van der Waals surface area contributed by atoms with E-state index in [1.165, 1.54) is 17.3 Å². The number of hydrogen-bond acceptors (Lipinski definition) is 4. The average Bonchev–Trinajstić information content (AvgIpc) is 2.88. The van der Waals surface area contributed by atoms with E-state index in [1.807, 2.05) is 49.6 Å². The standard InChI is InChI=1S/C14H18N4OS/c1-4-18-9-15-17-14(18)20-11(3)13(19)16-12-7-5-10(2)6-8-12/h5-9,11H,4H2,1-3H3,(H,16,19)/t11-/m1/s1. The van der Waals surface area contributed by atoms with E-state index in [1.54, 1.807) is 6.33 Å². The summed E-state index contributed by atoms with van der Waals surface area (Å²) in [5, 5.41) is 11.3. The van der Waals surface area contributed by atoms with E-state index < -0.39 is 0 Å². The van der Waals surface area contributed by atoms with Crippen molar-refractivity contribution < 1.29 is 4.79 Å². The topological polar surface area (TPSA) is 59.8 Å². The Hall–Kier alpha value is -1.82. The largest absolute Gasteiger partial charge is 0.325 e. The van der Waals surface area contributed by atoms with Crippen LogP contribution in [0.5, 0.6) is 0 Å². The summed E-state index contributed by atoms with van der Waals surface area (Å²) in [5.41, 5.74) is 1.98. The first-order chi connectivity index (χ1) is 9.60. The molecule has 1 atom stereocenters. The number of aryl methyl sites for hydroxylation is 2. The van der Waals surface area contributed by atoms with E-state index in [0.29, 0.717) is 0 Å². The summed E-state index contributed by atoms with van der Waals surface area (Å²) in [6, 6.07) is 7.75. The average molecular weight is 290 g/mol. The Morgan fingerprint density at radius 3 is 2.75 bits per heavy atom. The zero-order valence-corrected chi connectivity index (χ0v) is 12.6. The molecule has 0 aliphatic heterocycles. The van der Waals surface area contributed by atoms with Crippen LogP contribution in [0.2, 0.25) is 0 Å². The van der Waals surface area contributed by atoms with Gasteiger partial charge >= 0.3 is 0 Å². The van der Waals surface area contributed by atoms with Crippen molar-refractivity contribution in [1.29, 1.82) is 0 Å². The molecule has 1 N–H and O–H groups in total. The van der Waals surface area contributed by atoms with Gasteiger partial charge in [0.25, 0.3) is 0 Å². The normalized spacial score (nSPS) is 12.2. The second-order valence-electron chi connectivity index (χ2n) is 4.51. The Morgan fingerprint density at radius 2 is 2.10 bits per heavy atom. The molecule has 2 rings (SSSR count). The van der Waals surface area contributed by atoms with Gasteiger partial charge in [0.15, 0.2) is 5.16 Å². The molecule has 0 spiro atoms. The third-order valence-corrected chi connectivity index (χ3v) is 3.99. The predicted octanol–water partition coefficient (Wildman–Crippen LogP) is 2.73. The molecule has 1 aromatic carbocycles. The monoisotopic (exact) mass is 290 g/mol. The SMILES string of the molecule is CCn1cnnc1S[C@H](C)C(=O)Nc1ccc(C)cc1. The molecule has 0 saturated heterocycles. The molecule has 1 aromatic heterocycles. The minimum absolute atomic E-state index is 0.0375. The number of nitrogens with one attached hydrogen (secondary N) is 1. The minimum Gasteiger partial charge on any atom is -0.325 e. The quantitative estimate of drug-likeness (QED) is 0.860. The third-order valence-electron chi connectivity index (χ3n) is 2.89. The van der Waals surface area contributed by atoms with E-state index in [2.05, 4.69) is 15.5 Å². The van der Waals surface area contributed by atoms with E-state index in [4.69, 9.17) is 0 Å². The van der Waals surface area contributed by atoms with Gasteiger partial charge in [0.05, 0.1) is 5.25 Å². The molecule has 0 radical (unpaired) electrons. The number of nitrogens with zero attached hydrogens (tertiary/aromatic N) is 3. The molecular weight excluding hydrogens is 272 g/mol. The number of amides is 1. The number of hydrogen-bond donors (Lipinski definition) is 1. The molecule has 20 heavy (non-hydrogen) atoms. The van der Waals surface area contributed by atoms with E-state index in [0.717, 1.165) is 17.4 Å². The van der Waals surface area contributed by atoms with Gasteiger partial charge in [-0.25, -0.2) is 0 Å². The van der Waals surface area contributed by atoms with Crippen molar-refractivity contribution in [2.75, 3.05) is 5.32 Å². The first-order valence-corrected chi connectivity index (χ1v) is 7.40. The molecule has 0 fully saturated rings. The smallest absolute Gasteiger partial charge is 0.237 e. The highest BCUT2D eigenvalue weighted by Gasteiger charge is 2.17. The third kappa shape index (κ3) is 3.60. The summed E-state index contributed by atoms with van der Waals surface area (Å²) < 4.78 is 1.92. The van der Waals surface area contributed by atoms with Gasteiger partial charge in [-0.2, -0.15) is 0 Å². The number of benzene rings is 1. The van der Waals surface area contributed by atoms with E-state index in [-0.39, 0.29) is 11.2 Å². The van der Waals surface area contributed by atoms with Crippen LogP contribution in [0.1, 0.15) is 19.4 Å². The highest BCUT2D eigenvalue weighted by atomic mass is 32.2. The van der Waals surface area contributed by atoms with E-state index >= 15 is 0 Å². The molecular formula is C14H18N4OS. The fourth-order valence-electron chi connectivity index (χ4n) is 1.64. The van der Waals surface area contributed by atoms with Crippen LogP contribution in [0.15, 0.2) is 35.7 Å². The van der Waals surface area contributed by atoms with Crippen LogP contribution < -0.4 is 5.32 Å². The van der Waals surface area contributed by atoms with Crippen molar-refractivity contribution in [2.24, 2.45) is 0 Å². The zero-order chi connectivity index (χ0) is 14.5. The molecule has 0 aliphatic carbocycles. The number of anilines is 1. The van der Waals surface area contributed by atoms with E-state index in [9.17, 15) is 4.79 Å². The molecule has 0 aliphatic rings. The maximum atomic E-state index is 12.1. The maximum absolute atomic E-state index is 12.1. The first kappa shape index (κ1) is 14.6. The summed E-state index contributed by atoms with van der Waals surface area (Å²) in [5.74, 6) is -0.0375. The van der Waals surface area contributed by atoms with Crippen LogP contribution in [0, 0.1) is 6.92 Å². The second kappa shape index (κ2) is 6.56. The molecule has 0 unspecified atom stereocenters. The number of rotatable bonds is 5. The van der Waals surface area contributed by atoms with Gasteiger partial charge in [0, 0.05) is 12.2 Å². The maximum Gasteiger partial charge on any atom is 0.237 e. The number of carbonyl (C=O) groups excluding carboxylic acids is 1. The zero-order valence-electron chi connectivity index (χ0n) is 11.8. The summed E-state index contributed by atoms with van der Waals surface area (Å²) in [6.45, 7) is 6.69. The summed E-state index contributed by atoms with van der Waals surface area (Å²) in [6.07, 6.45) is 1.67. The summed E-state index contributed by atoms with van der Waals surface area (Å²) in [4.78, 5) is 12.1. The number of aromatic nitrogens is 3. The number of carbonyl (C=O) groups is 1. The van der Waals surface area contributed by atoms with Crippen LogP contribution >= 0.6 is 11.8 Å². The highest BCUT2D eigenvalue weighted by molar-refractivity contribution is 8.00. The first-order valence-electron chi connectivity index (χ1n) is 6.52. The van der Waals surface area contributed by atoms with Crippen LogP contribution in [0.3, 0.4) is 0 Å². The lowest BCUT2D eigenvalue weighted by Gasteiger charge is -2.12. The lowest BCUT2D eigenvalue weighted by molar-refractivity contribution is -0.115. The van der Waals surface area contributed by atoms with Gasteiger partial charge in [-0.05, 0) is 32.9 Å². The predicted molar refractivity (Wildman–Crippen MR) is 80.8 cm³/mol. The van der Waals surface area contributed by atoms with Crippen LogP contribution in [-0.2, 0) is 11.3 Å². The fourth-order valence-corrected chi connectivity index (χ4v) is 2.53. The Bertz CT molecular complexity index is 579. The van der Waals surface area contributed by atoms with Crippen molar-refractivity contribution in [2.45, 2.75) is 37.7 Å². The lowest BCUT2D eigenvalue weighted by atomic mass is 10.2. The van der Waals surface area contributed by atoms with Crippen molar-refractivity contribution in [3.63, 3.8) is 0 Å².